The average Bonchev–Trinajstić information content (AvgIpc) is 3.49. The summed E-state index contributed by atoms with van der Waals surface area (Å²) in [7, 11) is 3.95. The second-order valence-corrected chi connectivity index (χ2v) is 7.93. The number of aliphatic hydroxyl groups is 1. The van der Waals surface area contributed by atoms with Crippen molar-refractivity contribution in [2.75, 3.05) is 25.6 Å². The molecule has 0 saturated heterocycles. The normalized spacial score (nSPS) is 16.5. The van der Waals surface area contributed by atoms with Crippen LogP contribution in [0, 0.1) is 0 Å². The second kappa shape index (κ2) is 9.72. The molecule has 0 fully saturated rings. The largest absolute Gasteiger partial charge is 0.472 e. The van der Waals surface area contributed by atoms with E-state index in [4.69, 9.17) is 9.25 Å². The van der Waals surface area contributed by atoms with Crippen LogP contribution in [0.1, 0.15) is 22.8 Å². The lowest BCUT2D eigenvalue weighted by molar-refractivity contribution is -0.119. The lowest BCUT2D eigenvalue weighted by Crippen LogP contribution is -2.40. The Kier molecular flexibility index (Phi) is 6.58. The molecule has 7 heteroatoms. The van der Waals surface area contributed by atoms with Crippen LogP contribution in [0.25, 0.3) is 5.70 Å². The maximum absolute atomic E-state index is 13.4. The number of benzene rings is 2. The number of carbonyl (C=O) groups is 1. The van der Waals surface area contributed by atoms with Gasteiger partial charge in [0.2, 0.25) is 0 Å². The predicted octanol–water partition coefficient (Wildman–Crippen LogP) is 3.05. The van der Waals surface area contributed by atoms with Crippen molar-refractivity contribution in [3.8, 4) is 0 Å². The van der Waals surface area contributed by atoms with Gasteiger partial charge in [0.1, 0.15) is 6.10 Å². The molecule has 2 unspecified atom stereocenters. The van der Waals surface area contributed by atoms with Crippen LogP contribution in [-0.2, 0) is 16.1 Å². The fourth-order valence-electron chi connectivity index (χ4n) is 3.72. The SMILES string of the molecule is CN(C)c1ccc(C2=C(C(=O)NC(CO)Cc3ccccc3)C(c3ccoc3)ON2)cc1. The molecule has 32 heavy (non-hydrogen) atoms. The van der Waals surface area contributed by atoms with E-state index in [1.165, 1.54) is 0 Å². The van der Waals surface area contributed by atoms with Crippen LogP contribution in [0.4, 0.5) is 5.69 Å². The molecule has 7 nitrogen and oxygen atoms in total. The topological polar surface area (TPSA) is 87.0 Å². The maximum Gasteiger partial charge on any atom is 0.252 e. The van der Waals surface area contributed by atoms with Crippen molar-refractivity contribution >= 4 is 17.3 Å². The van der Waals surface area contributed by atoms with E-state index in [1.54, 1.807) is 18.6 Å². The number of hydrogen-bond donors (Lipinski definition) is 3. The van der Waals surface area contributed by atoms with Crippen molar-refractivity contribution in [3.63, 3.8) is 0 Å². The van der Waals surface area contributed by atoms with Gasteiger partial charge in [-0.3, -0.25) is 15.1 Å². The molecule has 2 atom stereocenters. The molecule has 166 valence electrons. The number of nitrogens with zero attached hydrogens (tertiary/aromatic N) is 1. The standard InChI is InChI=1S/C25H27N3O4/c1-28(2)21-10-8-18(9-11-21)23-22(24(32-27-23)19-12-13-31-16-19)25(30)26-20(15-29)14-17-6-4-3-5-7-17/h3-13,16,20,24,27,29H,14-15H2,1-2H3,(H,26,30). The second-order valence-electron chi connectivity index (χ2n) is 7.93. The summed E-state index contributed by atoms with van der Waals surface area (Å²) in [5.41, 5.74) is 7.61. The van der Waals surface area contributed by atoms with Crippen LogP contribution in [0.5, 0.6) is 0 Å². The molecule has 2 heterocycles. The highest BCUT2D eigenvalue weighted by molar-refractivity contribution is 6.02. The molecule has 0 bridgehead atoms. The zero-order chi connectivity index (χ0) is 22.5. The van der Waals surface area contributed by atoms with Crippen molar-refractivity contribution < 1.29 is 19.2 Å². The lowest BCUT2D eigenvalue weighted by Gasteiger charge is -2.19. The van der Waals surface area contributed by atoms with Crippen LogP contribution in [0.3, 0.4) is 0 Å². The Morgan fingerprint density at radius 2 is 1.88 bits per heavy atom. The van der Waals surface area contributed by atoms with E-state index < -0.39 is 12.1 Å². The minimum Gasteiger partial charge on any atom is -0.472 e. The van der Waals surface area contributed by atoms with Gasteiger partial charge >= 0.3 is 0 Å². The maximum atomic E-state index is 13.4. The van der Waals surface area contributed by atoms with Crippen molar-refractivity contribution in [2.24, 2.45) is 0 Å². The highest BCUT2D eigenvalue weighted by atomic mass is 16.7. The van der Waals surface area contributed by atoms with Gasteiger partial charge in [-0.2, -0.15) is 0 Å². The highest BCUT2D eigenvalue weighted by Gasteiger charge is 2.35. The summed E-state index contributed by atoms with van der Waals surface area (Å²) >= 11 is 0. The first kappa shape index (κ1) is 21.7. The number of nitrogens with one attached hydrogen (secondary N) is 2. The molecule has 0 radical (unpaired) electrons. The number of aliphatic hydroxyl groups excluding tert-OH is 1. The van der Waals surface area contributed by atoms with E-state index >= 15 is 0 Å². The van der Waals surface area contributed by atoms with Crippen LogP contribution in [-0.4, -0.2) is 37.8 Å². The lowest BCUT2D eigenvalue weighted by atomic mass is 9.97. The van der Waals surface area contributed by atoms with E-state index in [0.717, 1.165) is 22.4 Å². The quantitative estimate of drug-likeness (QED) is 0.506. The van der Waals surface area contributed by atoms with Crippen molar-refractivity contribution in [1.29, 1.82) is 0 Å². The highest BCUT2D eigenvalue weighted by Crippen LogP contribution is 2.36. The van der Waals surface area contributed by atoms with Gasteiger partial charge < -0.3 is 19.7 Å². The number of furan rings is 1. The Morgan fingerprint density at radius 1 is 1.12 bits per heavy atom. The molecule has 1 aliphatic heterocycles. The van der Waals surface area contributed by atoms with Gasteiger partial charge in [0.15, 0.2) is 0 Å². The molecule has 0 aliphatic carbocycles. The van der Waals surface area contributed by atoms with E-state index in [-0.39, 0.29) is 12.5 Å². The first-order valence-corrected chi connectivity index (χ1v) is 10.5. The number of carbonyl (C=O) groups excluding carboxylic acids is 1. The van der Waals surface area contributed by atoms with E-state index in [2.05, 4.69) is 10.8 Å². The average molecular weight is 434 g/mol. The molecule has 3 N–H and O–H groups in total. The summed E-state index contributed by atoms with van der Waals surface area (Å²) < 4.78 is 5.21. The number of hydroxylamine groups is 1. The number of rotatable bonds is 8. The Bertz CT molecular complexity index is 1060. The zero-order valence-electron chi connectivity index (χ0n) is 18.1. The van der Waals surface area contributed by atoms with Crippen LogP contribution < -0.4 is 15.7 Å². The van der Waals surface area contributed by atoms with Gasteiger partial charge in [0, 0.05) is 30.9 Å². The van der Waals surface area contributed by atoms with Gasteiger partial charge in [-0.15, -0.1) is 0 Å². The molecule has 3 aromatic rings. The van der Waals surface area contributed by atoms with Crippen molar-refractivity contribution in [1.82, 2.24) is 10.8 Å². The predicted molar refractivity (Wildman–Crippen MR) is 123 cm³/mol. The van der Waals surface area contributed by atoms with Crippen LogP contribution in [0.2, 0.25) is 0 Å². The van der Waals surface area contributed by atoms with Crippen LogP contribution >= 0.6 is 0 Å². The zero-order valence-corrected chi connectivity index (χ0v) is 18.1. The fraction of sp³-hybridized carbons (Fsp3) is 0.240. The van der Waals surface area contributed by atoms with Gasteiger partial charge in [-0.05, 0) is 30.2 Å². The third-order valence-corrected chi connectivity index (χ3v) is 5.45. The van der Waals surface area contributed by atoms with E-state index in [1.807, 2.05) is 73.6 Å². The summed E-state index contributed by atoms with van der Waals surface area (Å²) in [6.45, 7) is -0.175. The molecule has 1 aromatic heterocycles. The van der Waals surface area contributed by atoms with E-state index in [0.29, 0.717) is 17.7 Å². The molecule has 4 rings (SSSR count). The molecule has 0 saturated carbocycles. The summed E-state index contributed by atoms with van der Waals surface area (Å²) in [6, 6.07) is 18.9. The Hall–Kier alpha value is -3.55. The van der Waals surface area contributed by atoms with Gasteiger partial charge in [0.25, 0.3) is 5.91 Å². The smallest absolute Gasteiger partial charge is 0.252 e. The summed E-state index contributed by atoms with van der Waals surface area (Å²) in [5.74, 6) is -0.303. The van der Waals surface area contributed by atoms with Gasteiger partial charge in [0.05, 0.1) is 36.4 Å². The third kappa shape index (κ3) is 4.69. The minimum absolute atomic E-state index is 0.175. The van der Waals surface area contributed by atoms with Crippen molar-refractivity contribution in [3.05, 3.63) is 95.5 Å². The minimum atomic E-state index is -0.631. The molecule has 2 aromatic carbocycles. The molecule has 1 aliphatic rings. The first-order valence-electron chi connectivity index (χ1n) is 10.5. The molecular weight excluding hydrogens is 406 g/mol. The Balaban J connectivity index is 1.64. The number of anilines is 1. The fourth-order valence-corrected chi connectivity index (χ4v) is 3.72. The number of amides is 1. The molecule has 1 amide bonds. The molecular formula is C25H27N3O4. The van der Waals surface area contributed by atoms with E-state index in [9.17, 15) is 9.90 Å². The van der Waals surface area contributed by atoms with Gasteiger partial charge in [-0.1, -0.05) is 42.5 Å². The molecule has 0 spiro atoms. The summed E-state index contributed by atoms with van der Waals surface area (Å²) in [4.78, 5) is 21.2. The van der Waals surface area contributed by atoms with Gasteiger partial charge in [-0.25, -0.2) is 0 Å². The first-order chi connectivity index (χ1) is 15.6. The Morgan fingerprint density at radius 3 is 2.50 bits per heavy atom. The third-order valence-electron chi connectivity index (χ3n) is 5.45. The summed E-state index contributed by atoms with van der Waals surface area (Å²) in [6.07, 6.45) is 3.00. The number of hydrogen-bond acceptors (Lipinski definition) is 6. The van der Waals surface area contributed by atoms with Crippen molar-refractivity contribution in [2.45, 2.75) is 18.6 Å². The Labute approximate surface area is 187 Å². The monoisotopic (exact) mass is 433 g/mol. The van der Waals surface area contributed by atoms with Crippen LogP contribution in [0.15, 0.2) is 83.2 Å². The summed E-state index contributed by atoms with van der Waals surface area (Å²) in [5, 5.41) is 12.9.